The molecule has 0 radical (unpaired) electrons. The molecule has 0 saturated carbocycles. The molecule has 0 aliphatic heterocycles. The van der Waals surface area contributed by atoms with Gasteiger partial charge in [0.2, 0.25) is 0 Å². The molecule has 1 N–H and O–H groups in total. The molecule has 0 aromatic carbocycles. The van der Waals surface area contributed by atoms with Gasteiger partial charge in [-0.25, -0.2) is 0 Å². The Labute approximate surface area is 110 Å². The maximum atomic E-state index is 10.2. The van der Waals surface area contributed by atoms with Crippen LogP contribution in [0.15, 0.2) is 17.5 Å². The van der Waals surface area contributed by atoms with Crippen molar-refractivity contribution in [2.75, 3.05) is 0 Å². The van der Waals surface area contributed by atoms with E-state index in [9.17, 15) is 5.11 Å². The molecule has 1 aromatic rings. The summed E-state index contributed by atoms with van der Waals surface area (Å²) in [6.07, 6.45) is -0.654. The van der Waals surface area contributed by atoms with Crippen molar-refractivity contribution in [1.82, 2.24) is 0 Å². The van der Waals surface area contributed by atoms with Crippen molar-refractivity contribution in [2.24, 2.45) is 0 Å². The second-order valence-electron chi connectivity index (χ2n) is 6.04. The molecule has 0 bridgehead atoms. The van der Waals surface area contributed by atoms with Crippen LogP contribution in [0.25, 0.3) is 0 Å². The van der Waals surface area contributed by atoms with E-state index >= 15 is 0 Å². The summed E-state index contributed by atoms with van der Waals surface area (Å²) in [6, 6.07) is 3.92. The quantitative estimate of drug-likeness (QED) is 0.833. The van der Waals surface area contributed by atoms with Gasteiger partial charge < -0.3 is 9.53 Å². The number of aliphatic hydroxyl groups is 1. The molecule has 1 rings (SSSR count). The van der Waals surface area contributed by atoms with Gasteiger partial charge in [0.05, 0.1) is 6.10 Å². The standard InChI is InChI=1S/C13H24O2SSi/c1-10(12(14)11-8-7-9-16-11)15-17(5,6)13(2,3)4/h7-10,12,14H,1-6H3. The average molecular weight is 272 g/mol. The van der Waals surface area contributed by atoms with Gasteiger partial charge in [0.1, 0.15) is 6.10 Å². The van der Waals surface area contributed by atoms with Gasteiger partial charge in [-0.3, -0.25) is 0 Å². The molecule has 0 amide bonds. The molecule has 0 spiro atoms. The lowest BCUT2D eigenvalue weighted by atomic mass is 10.2. The summed E-state index contributed by atoms with van der Waals surface area (Å²) >= 11 is 1.58. The van der Waals surface area contributed by atoms with Crippen molar-refractivity contribution >= 4 is 19.7 Å². The van der Waals surface area contributed by atoms with E-state index in [1.54, 1.807) is 11.3 Å². The highest BCUT2D eigenvalue weighted by Crippen LogP contribution is 2.38. The second-order valence-corrected chi connectivity index (χ2v) is 11.8. The molecule has 0 saturated heterocycles. The highest BCUT2D eigenvalue weighted by molar-refractivity contribution is 7.10. The average Bonchev–Trinajstić information content (AvgIpc) is 2.66. The molecule has 0 fully saturated rings. The summed E-state index contributed by atoms with van der Waals surface area (Å²) in [5.41, 5.74) is 0. The van der Waals surface area contributed by atoms with Crippen LogP contribution in [-0.4, -0.2) is 19.5 Å². The Morgan fingerprint density at radius 3 is 2.35 bits per heavy atom. The zero-order chi connectivity index (χ0) is 13.3. The molecule has 0 aliphatic rings. The van der Waals surface area contributed by atoms with E-state index in [0.29, 0.717) is 0 Å². The molecule has 2 nitrogen and oxygen atoms in total. The van der Waals surface area contributed by atoms with Crippen LogP contribution in [0.4, 0.5) is 0 Å². The Morgan fingerprint density at radius 1 is 1.35 bits per heavy atom. The summed E-state index contributed by atoms with van der Waals surface area (Å²) in [6.45, 7) is 13.0. The first-order valence-electron chi connectivity index (χ1n) is 6.04. The lowest BCUT2D eigenvalue weighted by Crippen LogP contribution is -2.44. The molecule has 2 unspecified atom stereocenters. The van der Waals surface area contributed by atoms with E-state index < -0.39 is 14.4 Å². The maximum absolute atomic E-state index is 10.2. The minimum Gasteiger partial charge on any atom is -0.411 e. The second kappa shape index (κ2) is 5.22. The number of hydrogen-bond donors (Lipinski definition) is 1. The van der Waals surface area contributed by atoms with Crippen LogP contribution in [0.5, 0.6) is 0 Å². The van der Waals surface area contributed by atoms with Gasteiger partial charge in [-0.15, -0.1) is 11.3 Å². The van der Waals surface area contributed by atoms with Crippen molar-refractivity contribution in [1.29, 1.82) is 0 Å². The zero-order valence-corrected chi connectivity index (χ0v) is 13.5. The lowest BCUT2D eigenvalue weighted by Gasteiger charge is -2.39. The van der Waals surface area contributed by atoms with Gasteiger partial charge in [-0.1, -0.05) is 26.8 Å². The predicted octanol–water partition coefficient (Wildman–Crippen LogP) is 4.19. The summed E-state index contributed by atoms with van der Waals surface area (Å²) in [4.78, 5) is 0.983. The molecule has 17 heavy (non-hydrogen) atoms. The fourth-order valence-electron chi connectivity index (χ4n) is 1.40. The van der Waals surface area contributed by atoms with E-state index in [-0.39, 0.29) is 11.1 Å². The van der Waals surface area contributed by atoms with Crippen molar-refractivity contribution in [3.8, 4) is 0 Å². The highest BCUT2D eigenvalue weighted by atomic mass is 32.1. The lowest BCUT2D eigenvalue weighted by molar-refractivity contribution is 0.0403. The van der Waals surface area contributed by atoms with Gasteiger partial charge >= 0.3 is 0 Å². The molecular formula is C13H24O2SSi. The van der Waals surface area contributed by atoms with Gasteiger partial charge in [-0.2, -0.15) is 0 Å². The number of aliphatic hydroxyl groups excluding tert-OH is 1. The number of hydrogen-bond acceptors (Lipinski definition) is 3. The number of rotatable bonds is 4. The molecule has 4 heteroatoms. The molecule has 0 aliphatic carbocycles. The SMILES string of the molecule is CC(O[Si](C)(C)C(C)(C)C)C(O)c1cccs1. The van der Waals surface area contributed by atoms with Gasteiger partial charge in [0.15, 0.2) is 8.32 Å². The van der Waals surface area contributed by atoms with E-state index in [2.05, 4.69) is 33.9 Å². The Morgan fingerprint density at radius 2 is 1.94 bits per heavy atom. The third kappa shape index (κ3) is 3.65. The van der Waals surface area contributed by atoms with E-state index in [0.717, 1.165) is 4.88 Å². The van der Waals surface area contributed by atoms with E-state index in [1.165, 1.54) is 0 Å². The third-order valence-corrected chi connectivity index (χ3v) is 9.08. The van der Waals surface area contributed by atoms with Crippen molar-refractivity contribution in [3.05, 3.63) is 22.4 Å². The monoisotopic (exact) mass is 272 g/mol. The van der Waals surface area contributed by atoms with E-state index in [4.69, 9.17) is 4.43 Å². The summed E-state index contributed by atoms with van der Waals surface area (Å²) < 4.78 is 6.18. The molecule has 1 aromatic heterocycles. The fraction of sp³-hybridized carbons (Fsp3) is 0.692. The first-order chi connectivity index (χ1) is 7.65. The summed E-state index contributed by atoms with van der Waals surface area (Å²) in [5, 5.41) is 12.4. The Bertz CT molecular complexity index is 341. The smallest absolute Gasteiger partial charge is 0.192 e. The summed E-state index contributed by atoms with van der Waals surface area (Å²) in [5.74, 6) is 0. The van der Waals surface area contributed by atoms with Gasteiger partial charge in [0.25, 0.3) is 0 Å². The van der Waals surface area contributed by atoms with Crippen molar-refractivity contribution in [2.45, 2.75) is 58.0 Å². The number of thiophene rings is 1. The van der Waals surface area contributed by atoms with Gasteiger partial charge in [-0.05, 0) is 36.5 Å². The minimum atomic E-state index is -1.80. The van der Waals surface area contributed by atoms with Crippen molar-refractivity contribution < 1.29 is 9.53 Å². The molecule has 1 heterocycles. The van der Waals surface area contributed by atoms with Crippen molar-refractivity contribution in [3.63, 3.8) is 0 Å². The Hall–Kier alpha value is -0.163. The van der Waals surface area contributed by atoms with Crippen LogP contribution >= 0.6 is 11.3 Å². The Kier molecular flexibility index (Phi) is 4.58. The minimum absolute atomic E-state index is 0.144. The largest absolute Gasteiger partial charge is 0.411 e. The first-order valence-corrected chi connectivity index (χ1v) is 9.83. The van der Waals surface area contributed by atoms with Crippen LogP contribution in [0.1, 0.15) is 38.7 Å². The highest BCUT2D eigenvalue weighted by Gasteiger charge is 2.39. The Balaban J connectivity index is 2.70. The maximum Gasteiger partial charge on any atom is 0.192 e. The molecule has 2 atom stereocenters. The summed E-state index contributed by atoms with van der Waals surface area (Å²) in [7, 11) is -1.80. The normalized spacial score (nSPS) is 16.9. The van der Waals surface area contributed by atoms with Crippen LogP contribution in [-0.2, 0) is 4.43 Å². The van der Waals surface area contributed by atoms with Crippen LogP contribution in [0.2, 0.25) is 18.1 Å². The van der Waals surface area contributed by atoms with Crippen LogP contribution in [0, 0.1) is 0 Å². The van der Waals surface area contributed by atoms with E-state index in [1.807, 2.05) is 24.4 Å². The molecule has 98 valence electrons. The topological polar surface area (TPSA) is 29.5 Å². The van der Waals surface area contributed by atoms with Crippen LogP contribution in [0.3, 0.4) is 0 Å². The van der Waals surface area contributed by atoms with Crippen LogP contribution < -0.4 is 0 Å². The van der Waals surface area contributed by atoms with Gasteiger partial charge in [0, 0.05) is 4.88 Å². The molecular weight excluding hydrogens is 248 g/mol. The third-order valence-electron chi connectivity index (χ3n) is 3.57. The predicted molar refractivity (Wildman–Crippen MR) is 77.0 cm³/mol. The fourth-order valence-corrected chi connectivity index (χ4v) is 3.61. The first kappa shape index (κ1) is 14.9. The zero-order valence-electron chi connectivity index (χ0n) is 11.7.